The average molecular weight is 532 g/mol. The standard InChI is InChI=1S/C28H35F3N6O/c1-19-6-5-9-37(15-19)20(2)21-10-24(28(29,30)31)25(33-13-21)14-32-23-8-4-7-22(11-23)27(16-38-17-27)12-26-35-34-18-36(26)3/h4,7-8,10-11,13,18-20,32H,5-6,9,12,14-17H2,1-3H3/t19-,20?/m0/s1/i3D3. The van der Waals surface area contributed by atoms with Crippen LogP contribution in [0.15, 0.2) is 42.9 Å². The first-order valence-electron chi connectivity index (χ1n) is 14.5. The van der Waals surface area contributed by atoms with Crippen LogP contribution in [0.2, 0.25) is 0 Å². The van der Waals surface area contributed by atoms with Crippen molar-refractivity contribution < 1.29 is 22.0 Å². The summed E-state index contributed by atoms with van der Waals surface area (Å²) in [6.07, 6.45) is 0.692. The van der Waals surface area contributed by atoms with Crippen LogP contribution in [0.3, 0.4) is 0 Å². The molecule has 204 valence electrons. The zero-order chi connectivity index (χ0) is 29.4. The average Bonchev–Trinajstić information content (AvgIpc) is 3.38. The number of halogens is 3. The van der Waals surface area contributed by atoms with Crippen LogP contribution < -0.4 is 5.32 Å². The first-order chi connectivity index (χ1) is 19.4. The first kappa shape index (κ1) is 23.0. The number of alkyl halides is 3. The van der Waals surface area contributed by atoms with Gasteiger partial charge in [-0.15, -0.1) is 10.2 Å². The summed E-state index contributed by atoms with van der Waals surface area (Å²) in [4.78, 5) is 6.51. The van der Waals surface area contributed by atoms with Crippen molar-refractivity contribution in [3.8, 4) is 0 Å². The van der Waals surface area contributed by atoms with E-state index in [0.717, 1.165) is 36.1 Å². The van der Waals surface area contributed by atoms with Gasteiger partial charge in [0.25, 0.3) is 0 Å². The van der Waals surface area contributed by atoms with E-state index in [1.165, 1.54) is 12.4 Å². The maximum atomic E-state index is 14.1. The van der Waals surface area contributed by atoms with Crippen molar-refractivity contribution in [2.24, 2.45) is 12.9 Å². The topological polar surface area (TPSA) is 68.1 Å². The Bertz CT molecular complexity index is 1360. The molecule has 3 aromatic rings. The number of piperidine rings is 1. The van der Waals surface area contributed by atoms with Crippen molar-refractivity contribution in [1.82, 2.24) is 24.6 Å². The van der Waals surface area contributed by atoms with Gasteiger partial charge in [0.1, 0.15) is 12.2 Å². The fraction of sp³-hybridized carbons (Fsp3) is 0.536. The number of aromatic nitrogens is 4. The summed E-state index contributed by atoms with van der Waals surface area (Å²) in [5.41, 5.74) is 0.738. The number of likely N-dealkylation sites (tertiary alicyclic amines) is 1. The molecule has 0 saturated carbocycles. The van der Waals surface area contributed by atoms with Gasteiger partial charge >= 0.3 is 6.18 Å². The van der Waals surface area contributed by atoms with Gasteiger partial charge in [0.05, 0.1) is 31.0 Å². The zero-order valence-corrected chi connectivity index (χ0v) is 21.6. The molecule has 38 heavy (non-hydrogen) atoms. The van der Waals surface area contributed by atoms with E-state index in [4.69, 9.17) is 8.85 Å². The fourth-order valence-electron chi connectivity index (χ4n) is 5.46. The number of aryl methyl sites for hydroxylation is 1. The summed E-state index contributed by atoms with van der Waals surface area (Å²) in [5.74, 6) is 0.838. The highest BCUT2D eigenvalue weighted by atomic mass is 19.4. The second kappa shape index (κ2) is 10.6. The Hall–Kier alpha value is -2.98. The number of pyridine rings is 1. The molecule has 1 N–H and O–H groups in total. The van der Waals surface area contributed by atoms with Crippen molar-refractivity contribution in [3.05, 3.63) is 71.1 Å². The van der Waals surface area contributed by atoms with E-state index in [-0.39, 0.29) is 18.3 Å². The zero-order valence-electron chi connectivity index (χ0n) is 24.6. The van der Waals surface area contributed by atoms with Crippen molar-refractivity contribution >= 4 is 5.69 Å². The Morgan fingerprint density at radius 1 is 1.29 bits per heavy atom. The van der Waals surface area contributed by atoms with E-state index in [2.05, 4.69) is 32.3 Å². The normalized spacial score (nSPS) is 22.1. The molecule has 0 amide bonds. The summed E-state index contributed by atoms with van der Waals surface area (Å²) in [7, 11) is 0. The van der Waals surface area contributed by atoms with Crippen LogP contribution in [0, 0.1) is 5.92 Å². The van der Waals surface area contributed by atoms with E-state index < -0.39 is 24.1 Å². The maximum absolute atomic E-state index is 14.1. The number of ether oxygens (including phenoxy) is 1. The van der Waals surface area contributed by atoms with Gasteiger partial charge in [0, 0.05) is 47.4 Å². The molecule has 2 fully saturated rings. The van der Waals surface area contributed by atoms with Crippen molar-refractivity contribution in [1.29, 1.82) is 0 Å². The Balaban J connectivity index is 1.34. The van der Waals surface area contributed by atoms with E-state index in [9.17, 15) is 13.2 Å². The molecule has 7 nitrogen and oxygen atoms in total. The number of hydrogen-bond donors (Lipinski definition) is 1. The first-order valence-corrected chi connectivity index (χ1v) is 13.0. The van der Waals surface area contributed by atoms with Gasteiger partial charge in [0.2, 0.25) is 0 Å². The molecule has 2 atom stereocenters. The highest BCUT2D eigenvalue weighted by molar-refractivity contribution is 5.49. The number of hydrogen-bond acceptors (Lipinski definition) is 6. The van der Waals surface area contributed by atoms with Crippen molar-refractivity contribution in [2.75, 3.05) is 31.6 Å². The number of benzene rings is 1. The summed E-state index contributed by atoms with van der Waals surface area (Å²) >= 11 is 0. The number of nitrogens with zero attached hydrogens (tertiary/aromatic N) is 5. The molecular formula is C28H35F3N6O. The van der Waals surface area contributed by atoms with Crippen LogP contribution in [0.25, 0.3) is 0 Å². The molecular weight excluding hydrogens is 493 g/mol. The molecule has 1 unspecified atom stereocenters. The predicted octanol–water partition coefficient (Wildman–Crippen LogP) is 5.14. The summed E-state index contributed by atoms with van der Waals surface area (Å²) in [5, 5.41) is 10.9. The van der Waals surface area contributed by atoms with Gasteiger partial charge in [-0.3, -0.25) is 9.88 Å². The highest BCUT2D eigenvalue weighted by Crippen LogP contribution is 2.37. The molecule has 1 aromatic carbocycles. The summed E-state index contributed by atoms with van der Waals surface area (Å²) < 4.78 is 72.2. The van der Waals surface area contributed by atoms with Gasteiger partial charge < -0.3 is 14.6 Å². The molecule has 2 aromatic heterocycles. The van der Waals surface area contributed by atoms with Crippen LogP contribution in [0.5, 0.6) is 0 Å². The molecule has 2 saturated heterocycles. The third kappa shape index (κ3) is 5.56. The lowest BCUT2D eigenvalue weighted by Gasteiger charge is -2.41. The number of anilines is 1. The van der Waals surface area contributed by atoms with Gasteiger partial charge in [-0.2, -0.15) is 13.2 Å². The lowest BCUT2D eigenvalue weighted by molar-refractivity contribution is -0.138. The SMILES string of the molecule is [2H]C([2H])([2H])n1cnnc1CC1(c2cccc(NCc3ncc(C(C)N4CCC[C@H](C)C4)cc3C(F)(F)F)c2)COC1. The minimum Gasteiger partial charge on any atom is -0.379 e. The van der Waals surface area contributed by atoms with Gasteiger partial charge in [-0.1, -0.05) is 19.1 Å². The lowest BCUT2D eigenvalue weighted by atomic mass is 9.75. The molecule has 2 aliphatic heterocycles. The van der Waals surface area contributed by atoms with Gasteiger partial charge in [-0.05, 0) is 61.6 Å². The van der Waals surface area contributed by atoms with E-state index >= 15 is 0 Å². The van der Waals surface area contributed by atoms with E-state index in [1.807, 2.05) is 25.1 Å². The molecule has 0 bridgehead atoms. The van der Waals surface area contributed by atoms with Crippen LogP contribution >= 0.6 is 0 Å². The van der Waals surface area contributed by atoms with Crippen molar-refractivity contribution in [2.45, 2.75) is 57.3 Å². The highest BCUT2D eigenvalue weighted by Gasteiger charge is 2.42. The monoisotopic (exact) mass is 531 g/mol. The van der Waals surface area contributed by atoms with E-state index in [1.54, 1.807) is 12.3 Å². The van der Waals surface area contributed by atoms with Gasteiger partial charge in [0.15, 0.2) is 0 Å². The second-order valence-corrected chi connectivity index (χ2v) is 10.7. The molecule has 0 radical (unpaired) electrons. The summed E-state index contributed by atoms with van der Waals surface area (Å²) in [6, 6.07) is 8.45. The molecule has 2 aliphatic rings. The fourth-order valence-corrected chi connectivity index (χ4v) is 5.46. The molecule has 5 rings (SSSR count). The van der Waals surface area contributed by atoms with Crippen LogP contribution in [-0.2, 0) is 36.3 Å². The second-order valence-electron chi connectivity index (χ2n) is 10.7. The summed E-state index contributed by atoms with van der Waals surface area (Å²) in [6.45, 7) is 4.06. The minimum absolute atomic E-state index is 0.0710. The molecule has 0 aliphatic carbocycles. The van der Waals surface area contributed by atoms with Crippen molar-refractivity contribution in [3.63, 3.8) is 0 Å². The number of nitrogens with one attached hydrogen (secondary N) is 1. The number of rotatable bonds is 8. The van der Waals surface area contributed by atoms with E-state index in [0.29, 0.717) is 42.6 Å². The van der Waals surface area contributed by atoms with Gasteiger partial charge in [-0.25, -0.2) is 0 Å². The Morgan fingerprint density at radius 2 is 2.13 bits per heavy atom. The minimum atomic E-state index is -4.54. The van der Waals surface area contributed by atoms with Crippen LogP contribution in [0.1, 0.15) is 65.1 Å². The molecule has 10 heteroatoms. The maximum Gasteiger partial charge on any atom is 0.418 e. The van der Waals surface area contributed by atoms with Crippen LogP contribution in [0.4, 0.5) is 18.9 Å². The third-order valence-corrected chi connectivity index (χ3v) is 7.82. The molecule has 0 spiro atoms. The Morgan fingerprint density at radius 3 is 2.84 bits per heavy atom. The largest absolute Gasteiger partial charge is 0.418 e. The smallest absolute Gasteiger partial charge is 0.379 e. The lowest BCUT2D eigenvalue weighted by Crippen LogP contribution is -2.49. The Labute approximate surface area is 225 Å². The third-order valence-electron chi connectivity index (χ3n) is 7.82. The Kier molecular flexibility index (Phi) is 6.43. The van der Waals surface area contributed by atoms with Crippen LogP contribution in [-0.4, -0.2) is 51.0 Å². The quantitative estimate of drug-likeness (QED) is 0.434. The molecule has 4 heterocycles. The predicted molar refractivity (Wildman–Crippen MR) is 139 cm³/mol.